The van der Waals surface area contributed by atoms with Gasteiger partial charge in [-0.1, -0.05) is 30.7 Å². The second-order valence-corrected chi connectivity index (χ2v) is 4.93. The van der Waals surface area contributed by atoms with Crippen molar-refractivity contribution in [2.45, 2.75) is 20.1 Å². The molecule has 1 heterocycles. The maximum atomic E-state index is 5.78. The van der Waals surface area contributed by atoms with E-state index in [9.17, 15) is 0 Å². The van der Waals surface area contributed by atoms with Crippen LogP contribution in [-0.4, -0.2) is 18.6 Å². The smallest absolute Gasteiger partial charge is 0.161 e. The molecule has 2 rings (SSSR count). The van der Waals surface area contributed by atoms with Crippen LogP contribution in [0.25, 0.3) is 0 Å². The predicted molar refractivity (Wildman–Crippen MR) is 84.0 cm³/mol. The highest BCUT2D eigenvalue weighted by Crippen LogP contribution is 2.28. The molecule has 0 saturated heterocycles. The van der Waals surface area contributed by atoms with Gasteiger partial charge < -0.3 is 27.2 Å². The molecule has 0 fully saturated rings. The first kappa shape index (κ1) is 18.6. The molecule has 120 valence electrons. The first-order valence-corrected chi connectivity index (χ1v) is 7.21. The van der Waals surface area contributed by atoms with E-state index in [1.165, 1.54) is 0 Å². The van der Waals surface area contributed by atoms with Crippen LogP contribution < -0.4 is 27.2 Å². The Morgan fingerprint density at radius 3 is 2.55 bits per heavy atom. The van der Waals surface area contributed by atoms with Crippen LogP contribution in [0.5, 0.6) is 11.5 Å². The maximum absolute atomic E-state index is 5.78. The van der Waals surface area contributed by atoms with Crippen molar-refractivity contribution in [3.05, 3.63) is 52.8 Å². The van der Waals surface area contributed by atoms with Crippen molar-refractivity contribution >= 4 is 11.6 Å². The lowest BCUT2D eigenvalue weighted by atomic mass is 10.2. The fourth-order valence-corrected chi connectivity index (χ4v) is 1.98. The average molecular weight is 342 g/mol. The van der Waals surface area contributed by atoms with Gasteiger partial charge in [-0.15, -0.1) is 0 Å². The van der Waals surface area contributed by atoms with E-state index in [-0.39, 0.29) is 12.4 Å². The molecule has 4 nitrogen and oxygen atoms in total. The molecule has 6 heteroatoms. The topological polar surface area (TPSA) is 43.4 Å². The molecule has 0 spiro atoms. The fraction of sp³-hybridized carbons (Fsp3) is 0.312. The largest absolute Gasteiger partial charge is 1.00 e. The second-order valence-electron chi connectivity index (χ2n) is 4.54. The van der Waals surface area contributed by atoms with Gasteiger partial charge in [-0.05, 0) is 30.3 Å². The number of aromatic nitrogens is 1. The molecule has 0 unspecified atom stereocenters. The standard InChI is InChI=1S/C16H19ClN2O2.ClH/c1-3-18-9-12-4-6-14(15(8-12)20-2)21-11-13-5-7-16(17)19-10-13;/h4-8,10,18H,3,9,11H2,1-2H3;1H/p-1. The Bertz CT molecular complexity index is 577. The Morgan fingerprint density at radius 1 is 1.14 bits per heavy atom. The highest BCUT2D eigenvalue weighted by Gasteiger charge is 2.06. The summed E-state index contributed by atoms with van der Waals surface area (Å²) < 4.78 is 11.2. The van der Waals surface area contributed by atoms with Crippen LogP contribution in [0.4, 0.5) is 0 Å². The van der Waals surface area contributed by atoms with Crippen LogP contribution in [0.2, 0.25) is 5.15 Å². The Balaban J connectivity index is 0.00000242. The van der Waals surface area contributed by atoms with Gasteiger partial charge in [0.2, 0.25) is 0 Å². The summed E-state index contributed by atoms with van der Waals surface area (Å²) in [6.45, 7) is 4.25. The van der Waals surface area contributed by atoms with Crippen LogP contribution in [0, 0.1) is 0 Å². The molecule has 1 aromatic heterocycles. The molecule has 0 aliphatic carbocycles. The first-order chi connectivity index (χ1) is 10.2. The Morgan fingerprint density at radius 2 is 1.91 bits per heavy atom. The van der Waals surface area contributed by atoms with Gasteiger partial charge in [0.25, 0.3) is 0 Å². The minimum atomic E-state index is 0. The molecular weight excluding hydrogens is 323 g/mol. The second kappa shape index (κ2) is 9.51. The molecule has 0 radical (unpaired) electrons. The minimum Gasteiger partial charge on any atom is -1.00 e. The summed E-state index contributed by atoms with van der Waals surface area (Å²) in [5, 5.41) is 3.76. The number of benzene rings is 1. The van der Waals surface area contributed by atoms with Gasteiger partial charge >= 0.3 is 0 Å². The number of rotatable bonds is 7. The summed E-state index contributed by atoms with van der Waals surface area (Å²) in [6, 6.07) is 9.58. The van der Waals surface area contributed by atoms with Gasteiger partial charge in [-0.25, -0.2) is 4.98 Å². The van der Waals surface area contributed by atoms with E-state index in [0.717, 1.165) is 30.0 Å². The zero-order valence-corrected chi connectivity index (χ0v) is 14.1. The molecule has 0 aliphatic heterocycles. The summed E-state index contributed by atoms with van der Waals surface area (Å²) in [7, 11) is 1.64. The summed E-state index contributed by atoms with van der Waals surface area (Å²) in [5.74, 6) is 1.44. The zero-order chi connectivity index (χ0) is 15.1. The number of hydrogen-bond acceptors (Lipinski definition) is 4. The summed E-state index contributed by atoms with van der Waals surface area (Å²) in [6.07, 6.45) is 1.70. The van der Waals surface area contributed by atoms with Gasteiger partial charge in [-0.3, -0.25) is 0 Å². The van der Waals surface area contributed by atoms with E-state index in [1.54, 1.807) is 19.4 Å². The van der Waals surface area contributed by atoms with Gasteiger partial charge in [0.15, 0.2) is 11.5 Å². The van der Waals surface area contributed by atoms with E-state index in [1.807, 2.05) is 24.3 Å². The monoisotopic (exact) mass is 341 g/mol. The van der Waals surface area contributed by atoms with Crippen molar-refractivity contribution in [3.63, 3.8) is 0 Å². The molecule has 22 heavy (non-hydrogen) atoms. The molecule has 1 aromatic carbocycles. The van der Waals surface area contributed by atoms with Crippen molar-refractivity contribution < 1.29 is 21.9 Å². The van der Waals surface area contributed by atoms with Gasteiger partial charge in [0.05, 0.1) is 7.11 Å². The highest BCUT2D eigenvalue weighted by atomic mass is 35.5. The highest BCUT2D eigenvalue weighted by molar-refractivity contribution is 6.29. The van der Waals surface area contributed by atoms with Gasteiger partial charge in [-0.2, -0.15) is 0 Å². The zero-order valence-electron chi connectivity index (χ0n) is 12.6. The third-order valence-corrected chi connectivity index (χ3v) is 3.21. The van der Waals surface area contributed by atoms with Crippen LogP contribution in [-0.2, 0) is 13.2 Å². The molecule has 0 amide bonds. The number of nitrogens with one attached hydrogen (secondary N) is 1. The SMILES string of the molecule is CCNCc1ccc(OCc2ccc(Cl)nc2)c(OC)c1.[Cl-]. The molecule has 0 aliphatic rings. The third kappa shape index (κ3) is 5.37. The van der Waals surface area contributed by atoms with Crippen molar-refractivity contribution in [1.29, 1.82) is 0 Å². The Labute approximate surface area is 142 Å². The van der Waals surface area contributed by atoms with E-state index >= 15 is 0 Å². The van der Waals surface area contributed by atoms with Crippen LogP contribution in [0.1, 0.15) is 18.1 Å². The molecule has 0 atom stereocenters. The van der Waals surface area contributed by atoms with Gasteiger partial charge in [0, 0.05) is 18.3 Å². The van der Waals surface area contributed by atoms with E-state index in [0.29, 0.717) is 17.5 Å². The number of ether oxygens (including phenoxy) is 2. The van der Waals surface area contributed by atoms with Crippen molar-refractivity contribution in [2.75, 3.05) is 13.7 Å². The molecule has 0 bridgehead atoms. The van der Waals surface area contributed by atoms with Crippen LogP contribution in [0.15, 0.2) is 36.5 Å². The van der Waals surface area contributed by atoms with E-state index in [4.69, 9.17) is 21.1 Å². The molecule has 2 aromatic rings. The third-order valence-electron chi connectivity index (χ3n) is 2.99. The van der Waals surface area contributed by atoms with Crippen molar-refractivity contribution in [2.24, 2.45) is 0 Å². The number of halogens is 2. The number of nitrogens with zero attached hydrogens (tertiary/aromatic N) is 1. The molecular formula is C16H19Cl2N2O2-. The normalized spacial score (nSPS) is 9.95. The number of pyridine rings is 1. The predicted octanol–water partition coefficient (Wildman–Crippen LogP) is 0.436. The van der Waals surface area contributed by atoms with Crippen LogP contribution >= 0.6 is 11.6 Å². The first-order valence-electron chi connectivity index (χ1n) is 6.83. The lowest BCUT2D eigenvalue weighted by Crippen LogP contribution is -3.00. The lowest BCUT2D eigenvalue weighted by Gasteiger charge is -2.12. The Hall–Kier alpha value is -1.49. The summed E-state index contributed by atoms with van der Waals surface area (Å²) >= 11 is 5.76. The summed E-state index contributed by atoms with van der Waals surface area (Å²) in [5.41, 5.74) is 2.12. The summed E-state index contributed by atoms with van der Waals surface area (Å²) in [4.78, 5) is 4.03. The van der Waals surface area contributed by atoms with Gasteiger partial charge in [0.1, 0.15) is 11.8 Å². The molecule has 0 saturated carbocycles. The van der Waals surface area contributed by atoms with Crippen LogP contribution in [0.3, 0.4) is 0 Å². The van der Waals surface area contributed by atoms with E-state index in [2.05, 4.69) is 17.2 Å². The van der Waals surface area contributed by atoms with E-state index < -0.39 is 0 Å². The Kier molecular flexibility index (Phi) is 8.02. The van der Waals surface area contributed by atoms with Crippen molar-refractivity contribution in [1.82, 2.24) is 10.3 Å². The average Bonchev–Trinajstić information content (AvgIpc) is 2.52. The van der Waals surface area contributed by atoms with Crippen molar-refractivity contribution in [3.8, 4) is 11.5 Å². The lowest BCUT2D eigenvalue weighted by molar-refractivity contribution is -0.00000493. The number of methoxy groups -OCH3 is 1. The quantitative estimate of drug-likeness (QED) is 0.742. The minimum absolute atomic E-state index is 0. The fourth-order valence-electron chi connectivity index (χ4n) is 1.86. The maximum Gasteiger partial charge on any atom is 0.161 e. The molecule has 1 N–H and O–H groups in total. The number of hydrogen-bond donors (Lipinski definition) is 1.